The number of carbonyl (C=O) groups excluding carboxylic acids is 1. The summed E-state index contributed by atoms with van der Waals surface area (Å²) < 4.78 is 0. The first-order chi connectivity index (χ1) is 14.9. The molecule has 2 aromatic heterocycles. The normalized spacial score (nSPS) is 10.9. The van der Waals surface area contributed by atoms with Crippen LogP contribution < -0.4 is 5.32 Å². The van der Waals surface area contributed by atoms with Crippen molar-refractivity contribution in [3.05, 3.63) is 70.9 Å². The number of nitrogens with zero attached hydrogens (tertiary/aromatic N) is 1. The largest absolute Gasteiger partial charge is 0.505 e. The van der Waals surface area contributed by atoms with Crippen molar-refractivity contribution < 1.29 is 19.8 Å². The second-order valence-corrected chi connectivity index (χ2v) is 7.42. The van der Waals surface area contributed by atoms with Crippen LogP contribution >= 0.6 is 11.6 Å². The zero-order chi connectivity index (χ0) is 22.1. The third-order valence-corrected chi connectivity index (χ3v) is 5.22. The number of H-pyrrole nitrogens is 1. The van der Waals surface area contributed by atoms with Crippen LogP contribution in [-0.2, 0) is 4.79 Å². The molecule has 0 saturated carbocycles. The molecular formula is C23H18ClN3O4. The van der Waals surface area contributed by atoms with Crippen LogP contribution in [0, 0.1) is 6.92 Å². The highest BCUT2D eigenvalue weighted by Gasteiger charge is 2.24. The molecule has 0 aliphatic carbocycles. The maximum atomic E-state index is 12.6. The number of carboxylic acids is 1. The number of benzene rings is 2. The number of aromatic nitrogens is 2. The van der Waals surface area contributed by atoms with E-state index in [1.807, 2.05) is 49.4 Å². The molecule has 4 N–H and O–H groups in total. The van der Waals surface area contributed by atoms with Gasteiger partial charge in [-0.2, -0.15) is 0 Å². The minimum atomic E-state index is -1.19. The predicted octanol–water partition coefficient (Wildman–Crippen LogP) is 4.38. The summed E-state index contributed by atoms with van der Waals surface area (Å²) in [6.07, 6.45) is 0. The summed E-state index contributed by atoms with van der Waals surface area (Å²) in [5, 5.41) is 23.1. The number of nitrogens with one attached hydrogen (secondary N) is 2. The van der Waals surface area contributed by atoms with Crippen molar-refractivity contribution in [1.82, 2.24) is 15.3 Å². The van der Waals surface area contributed by atoms with Gasteiger partial charge >= 0.3 is 5.97 Å². The van der Waals surface area contributed by atoms with Crippen molar-refractivity contribution in [2.75, 3.05) is 6.54 Å². The van der Waals surface area contributed by atoms with Crippen LogP contribution in [0.4, 0.5) is 0 Å². The Morgan fingerprint density at radius 3 is 2.39 bits per heavy atom. The lowest BCUT2D eigenvalue weighted by Crippen LogP contribution is -2.30. The zero-order valence-corrected chi connectivity index (χ0v) is 17.2. The first-order valence-corrected chi connectivity index (χ1v) is 9.81. The number of carboxylic acid groups (broad SMARTS) is 1. The third kappa shape index (κ3) is 3.83. The Morgan fingerprint density at radius 1 is 1.06 bits per heavy atom. The van der Waals surface area contributed by atoms with E-state index in [0.717, 1.165) is 22.4 Å². The topological polar surface area (TPSA) is 115 Å². The van der Waals surface area contributed by atoms with Crippen molar-refractivity contribution in [3.8, 4) is 28.3 Å². The monoisotopic (exact) mass is 435 g/mol. The fourth-order valence-corrected chi connectivity index (χ4v) is 3.64. The smallest absolute Gasteiger partial charge is 0.322 e. The van der Waals surface area contributed by atoms with E-state index in [1.165, 1.54) is 0 Å². The average Bonchev–Trinajstić information content (AvgIpc) is 3.11. The number of rotatable bonds is 5. The molecule has 4 rings (SSSR count). The number of fused-ring (bicyclic) bond motifs is 1. The summed E-state index contributed by atoms with van der Waals surface area (Å²) >= 11 is 6.01. The van der Waals surface area contributed by atoms with Crippen LogP contribution in [0.5, 0.6) is 5.75 Å². The maximum absolute atomic E-state index is 12.6. The molecule has 1 amide bonds. The molecule has 0 unspecified atom stereocenters. The summed E-state index contributed by atoms with van der Waals surface area (Å²) in [6, 6.07) is 16.5. The summed E-state index contributed by atoms with van der Waals surface area (Å²) in [5.74, 6) is -2.28. The lowest BCUT2D eigenvalue weighted by molar-refractivity contribution is -0.135. The fourth-order valence-electron chi connectivity index (χ4n) is 3.51. The lowest BCUT2D eigenvalue weighted by Gasteiger charge is -2.10. The van der Waals surface area contributed by atoms with Gasteiger partial charge in [-0.25, -0.2) is 4.98 Å². The number of carbonyl (C=O) groups is 2. The van der Waals surface area contributed by atoms with Crippen molar-refractivity contribution >= 4 is 34.4 Å². The Morgan fingerprint density at radius 2 is 1.74 bits per heavy atom. The number of pyridine rings is 1. The van der Waals surface area contributed by atoms with Gasteiger partial charge in [-0.05, 0) is 30.2 Å². The molecule has 156 valence electrons. The predicted molar refractivity (Wildman–Crippen MR) is 118 cm³/mol. The highest BCUT2D eigenvalue weighted by atomic mass is 35.5. The van der Waals surface area contributed by atoms with E-state index in [0.29, 0.717) is 21.6 Å². The summed E-state index contributed by atoms with van der Waals surface area (Å²) in [6.45, 7) is 1.25. The highest BCUT2D eigenvalue weighted by molar-refractivity contribution is 6.30. The minimum Gasteiger partial charge on any atom is -0.505 e. The Balaban J connectivity index is 1.98. The van der Waals surface area contributed by atoms with Gasteiger partial charge in [-0.1, -0.05) is 54.1 Å². The number of halogens is 1. The third-order valence-electron chi connectivity index (χ3n) is 4.97. The number of aromatic hydroxyl groups is 1. The molecule has 7 nitrogen and oxygen atoms in total. The van der Waals surface area contributed by atoms with Gasteiger partial charge in [0.2, 0.25) is 0 Å². The summed E-state index contributed by atoms with van der Waals surface area (Å²) in [7, 11) is 0. The Labute approximate surface area is 182 Å². The van der Waals surface area contributed by atoms with Gasteiger partial charge in [0.1, 0.15) is 6.54 Å². The molecule has 0 bridgehead atoms. The first-order valence-electron chi connectivity index (χ1n) is 9.43. The molecule has 0 aliphatic heterocycles. The Bertz CT molecular complexity index is 1300. The van der Waals surface area contributed by atoms with Crippen molar-refractivity contribution in [2.24, 2.45) is 0 Å². The van der Waals surface area contributed by atoms with Gasteiger partial charge in [0.15, 0.2) is 11.4 Å². The maximum Gasteiger partial charge on any atom is 0.322 e. The van der Waals surface area contributed by atoms with E-state index in [2.05, 4.69) is 15.3 Å². The number of amides is 1. The quantitative estimate of drug-likeness (QED) is 0.371. The van der Waals surface area contributed by atoms with Crippen molar-refractivity contribution in [3.63, 3.8) is 0 Å². The first kappa shape index (κ1) is 20.4. The molecule has 2 heterocycles. The lowest BCUT2D eigenvalue weighted by atomic mass is 10.0. The summed E-state index contributed by atoms with van der Waals surface area (Å²) in [5.41, 5.74) is 3.87. The molecule has 0 radical (unpaired) electrons. The van der Waals surface area contributed by atoms with E-state index in [4.69, 9.17) is 16.7 Å². The Kier molecular flexibility index (Phi) is 5.35. The zero-order valence-electron chi connectivity index (χ0n) is 16.4. The second-order valence-electron chi connectivity index (χ2n) is 6.98. The van der Waals surface area contributed by atoms with E-state index >= 15 is 0 Å². The number of hydrogen-bond acceptors (Lipinski definition) is 4. The van der Waals surface area contributed by atoms with Gasteiger partial charge in [0, 0.05) is 21.7 Å². The SMILES string of the molecule is Cc1c(-c2ccc(Cl)cc2)[nH]c2c(-c3ccccc3)nc(C(=O)NCC(=O)O)c(O)c12. The van der Waals surface area contributed by atoms with E-state index in [-0.39, 0.29) is 11.4 Å². The van der Waals surface area contributed by atoms with E-state index in [9.17, 15) is 14.7 Å². The molecule has 0 aliphatic rings. The van der Waals surface area contributed by atoms with Crippen LogP contribution in [0.2, 0.25) is 5.02 Å². The number of aryl methyl sites for hydroxylation is 1. The van der Waals surface area contributed by atoms with Gasteiger partial charge in [-0.15, -0.1) is 0 Å². The van der Waals surface area contributed by atoms with Gasteiger partial charge in [-0.3, -0.25) is 9.59 Å². The molecule has 0 fully saturated rings. The molecule has 0 atom stereocenters. The molecule has 2 aromatic carbocycles. The molecule has 4 aromatic rings. The number of aromatic amines is 1. The highest BCUT2D eigenvalue weighted by Crippen LogP contribution is 2.40. The fraction of sp³-hybridized carbons (Fsp3) is 0.0870. The van der Waals surface area contributed by atoms with Gasteiger partial charge in [0.05, 0.1) is 11.2 Å². The van der Waals surface area contributed by atoms with E-state index in [1.54, 1.807) is 12.1 Å². The standard InChI is InChI=1S/C23H18ClN3O4/c1-12-17-20(26-18(12)14-7-9-15(24)10-8-14)19(13-5-3-2-4-6-13)27-21(22(17)30)23(31)25-11-16(28)29/h2-10,26,30H,11H2,1H3,(H,25,31)(H,28,29). The summed E-state index contributed by atoms with van der Waals surface area (Å²) in [4.78, 5) is 31.2. The van der Waals surface area contributed by atoms with Crippen LogP contribution in [0.3, 0.4) is 0 Å². The van der Waals surface area contributed by atoms with Gasteiger partial charge < -0.3 is 20.5 Å². The molecule has 0 saturated heterocycles. The number of aliphatic carboxylic acids is 1. The van der Waals surface area contributed by atoms with Gasteiger partial charge in [0.25, 0.3) is 5.91 Å². The van der Waals surface area contributed by atoms with Crippen molar-refractivity contribution in [2.45, 2.75) is 6.92 Å². The molecule has 0 spiro atoms. The molecule has 8 heteroatoms. The number of hydrogen-bond donors (Lipinski definition) is 4. The van der Waals surface area contributed by atoms with E-state index < -0.39 is 18.4 Å². The van der Waals surface area contributed by atoms with Crippen LogP contribution in [0.25, 0.3) is 33.4 Å². The molecule has 31 heavy (non-hydrogen) atoms. The Hall–Kier alpha value is -3.84. The van der Waals surface area contributed by atoms with Crippen LogP contribution in [0.15, 0.2) is 54.6 Å². The van der Waals surface area contributed by atoms with Crippen LogP contribution in [-0.4, -0.2) is 38.6 Å². The molecular weight excluding hydrogens is 418 g/mol. The van der Waals surface area contributed by atoms with Crippen LogP contribution in [0.1, 0.15) is 16.1 Å². The minimum absolute atomic E-state index is 0.239. The van der Waals surface area contributed by atoms with Crippen molar-refractivity contribution in [1.29, 1.82) is 0 Å². The average molecular weight is 436 g/mol. The second kappa shape index (κ2) is 8.12.